The normalized spacial score (nSPS) is 9.80. The maximum Gasteiger partial charge on any atom is -0.000911 e. The van der Waals surface area contributed by atoms with Gasteiger partial charge in [0, 0.05) is 0 Å². The van der Waals surface area contributed by atoms with Crippen LogP contribution in [0.5, 0.6) is 0 Å². The minimum Gasteiger partial charge on any atom is -0.0620 e. The van der Waals surface area contributed by atoms with Crippen molar-refractivity contribution in [2.75, 3.05) is 0 Å². The highest BCUT2D eigenvalue weighted by Gasteiger charge is 1.92. The summed E-state index contributed by atoms with van der Waals surface area (Å²) in [5, 5.41) is 0. The van der Waals surface area contributed by atoms with Gasteiger partial charge in [-0.3, -0.25) is 0 Å². The van der Waals surface area contributed by atoms with Crippen LogP contribution in [0, 0.1) is 13.8 Å². The highest BCUT2D eigenvalue weighted by Crippen LogP contribution is 2.08. The van der Waals surface area contributed by atoms with E-state index in [0.717, 1.165) is 17.5 Å². The summed E-state index contributed by atoms with van der Waals surface area (Å²) in [5.74, 6) is 0. The third kappa shape index (κ3) is 1.60. The number of benzene rings is 1. The summed E-state index contributed by atoms with van der Waals surface area (Å²) >= 11 is 0. The van der Waals surface area contributed by atoms with Gasteiger partial charge in [0.2, 0.25) is 0 Å². The van der Waals surface area contributed by atoms with E-state index >= 15 is 0 Å². The summed E-state index contributed by atoms with van der Waals surface area (Å²) in [7, 11) is 0. The molecule has 0 aliphatic heterocycles. The topological polar surface area (TPSA) is 0 Å². The van der Waals surface area contributed by atoms with Crippen molar-refractivity contribution >= 4 is 0 Å². The van der Waals surface area contributed by atoms with Gasteiger partial charge >= 0.3 is 0 Å². The molecular formula is C10H10. The standard InChI is InChI=1S/C10H10/c1-3-6-10-8-5-4-7-9(10)2/h1-2,4-5,7-8H,3,6H2. The maximum absolute atomic E-state index is 5.65. The maximum atomic E-state index is 5.65. The second-order valence-electron chi connectivity index (χ2n) is 2.24. The molecule has 0 atom stereocenters. The molecule has 0 nitrogen and oxygen atoms in total. The van der Waals surface area contributed by atoms with Crippen LogP contribution < -0.4 is 0 Å². The highest BCUT2D eigenvalue weighted by molar-refractivity contribution is 5.29. The molecule has 0 saturated heterocycles. The van der Waals surface area contributed by atoms with Crippen molar-refractivity contribution in [2.24, 2.45) is 0 Å². The molecule has 0 aromatic heterocycles. The van der Waals surface area contributed by atoms with E-state index in [0.29, 0.717) is 6.42 Å². The van der Waals surface area contributed by atoms with Gasteiger partial charge in [0.05, 0.1) is 0 Å². The zero-order valence-corrected chi connectivity index (χ0v) is 5.88. The quantitative estimate of drug-likeness (QED) is 0.576. The van der Waals surface area contributed by atoms with Gasteiger partial charge in [0.25, 0.3) is 0 Å². The summed E-state index contributed by atoms with van der Waals surface area (Å²) in [6.45, 7) is 11.0. The van der Waals surface area contributed by atoms with E-state index in [-0.39, 0.29) is 0 Å². The molecule has 10 heavy (non-hydrogen) atoms. The largest absolute Gasteiger partial charge is 0.0620 e. The third-order valence-corrected chi connectivity index (χ3v) is 1.47. The zero-order chi connectivity index (χ0) is 7.40. The van der Waals surface area contributed by atoms with E-state index in [1.54, 1.807) is 0 Å². The third-order valence-electron chi connectivity index (χ3n) is 1.47. The molecule has 0 bridgehead atoms. The van der Waals surface area contributed by atoms with Crippen LogP contribution in [0.4, 0.5) is 0 Å². The Kier molecular flexibility index (Phi) is 2.49. The molecular weight excluding hydrogens is 120 g/mol. The molecule has 0 unspecified atom stereocenters. The molecule has 0 amide bonds. The van der Waals surface area contributed by atoms with Crippen LogP contribution in [0.15, 0.2) is 24.3 Å². The molecule has 0 N–H and O–H groups in total. The van der Waals surface area contributed by atoms with Gasteiger partial charge < -0.3 is 0 Å². The Bertz CT molecular complexity index is 201. The summed E-state index contributed by atoms with van der Waals surface area (Å²) in [5.41, 5.74) is 1.98. The molecule has 0 heteroatoms. The molecule has 1 aromatic rings. The number of hydrogen-bond acceptors (Lipinski definition) is 0. The van der Waals surface area contributed by atoms with Gasteiger partial charge in [0.1, 0.15) is 0 Å². The SMILES string of the molecule is [CH]CCc1ccccc1[CH]. The summed E-state index contributed by atoms with van der Waals surface area (Å²) in [6.07, 6.45) is 1.53. The summed E-state index contributed by atoms with van der Waals surface area (Å²) in [4.78, 5) is 0. The predicted molar refractivity (Wildman–Crippen MR) is 42.5 cm³/mol. The van der Waals surface area contributed by atoms with Crippen molar-refractivity contribution in [1.82, 2.24) is 0 Å². The van der Waals surface area contributed by atoms with Gasteiger partial charge in [0.15, 0.2) is 0 Å². The first kappa shape index (κ1) is 7.33. The second-order valence-corrected chi connectivity index (χ2v) is 2.24. The van der Waals surface area contributed by atoms with Gasteiger partial charge in [-0.05, 0) is 37.8 Å². The van der Waals surface area contributed by atoms with Crippen LogP contribution in [0.3, 0.4) is 0 Å². The van der Waals surface area contributed by atoms with Crippen LogP contribution in [-0.4, -0.2) is 0 Å². The molecule has 0 aliphatic rings. The van der Waals surface area contributed by atoms with Crippen LogP contribution >= 0.6 is 0 Å². The Morgan fingerprint density at radius 1 is 1.20 bits per heavy atom. The van der Waals surface area contributed by atoms with Gasteiger partial charge in [-0.15, -0.1) is 0 Å². The van der Waals surface area contributed by atoms with E-state index in [2.05, 4.69) is 0 Å². The van der Waals surface area contributed by atoms with E-state index in [4.69, 9.17) is 13.8 Å². The lowest BCUT2D eigenvalue weighted by Gasteiger charge is -2.00. The summed E-state index contributed by atoms with van der Waals surface area (Å²) < 4.78 is 0. The first-order valence-electron chi connectivity index (χ1n) is 3.38. The Morgan fingerprint density at radius 3 is 2.50 bits per heavy atom. The van der Waals surface area contributed by atoms with Crippen molar-refractivity contribution in [1.29, 1.82) is 0 Å². The van der Waals surface area contributed by atoms with Crippen LogP contribution in [0.2, 0.25) is 0 Å². The number of rotatable bonds is 2. The smallest absolute Gasteiger partial charge is 0.000911 e. The van der Waals surface area contributed by atoms with Crippen molar-refractivity contribution in [3.8, 4) is 0 Å². The van der Waals surface area contributed by atoms with Crippen molar-refractivity contribution in [2.45, 2.75) is 12.8 Å². The van der Waals surface area contributed by atoms with Crippen molar-refractivity contribution < 1.29 is 0 Å². The van der Waals surface area contributed by atoms with Crippen molar-refractivity contribution in [3.63, 3.8) is 0 Å². The monoisotopic (exact) mass is 130 g/mol. The molecule has 50 valence electrons. The molecule has 0 spiro atoms. The Morgan fingerprint density at radius 2 is 1.90 bits per heavy atom. The minimum absolute atomic E-state index is 0.661. The van der Waals surface area contributed by atoms with E-state index in [1.807, 2.05) is 24.3 Å². The van der Waals surface area contributed by atoms with Gasteiger partial charge in [-0.1, -0.05) is 24.3 Å². The Labute approximate surface area is 62.9 Å². The first-order valence-corrected chi connectivity index (χ1v) is 3.38. The molecule has 1 aromatic carbocycles. The molecule has 4 radical (unpaired) electrons. The fourth-order valence-electron chi connectivity index (χ4n) is 0.917. The molecule has 1 rings (SSSR count). The van der Waals surface area contributed by atoms with Gasteiger partial charge in [-0.25, -0.2) is 0 Å². The van der Waals surface area contributed by atoms with Crippen LogP contribution in [0.1, 0.15) is 17.5 Å². The van der Waals surface area contributed by atoms with Gasteiger partial charge in [-0.2, -0.15) is 0 Å². The molecule has 0 fully saturated rings. The molecule has 0 aliphatic carbocycles. The second kappa shape index (κ2) is 3.40. The van der Waals surface area contributed by atoms with Crippen LogP contribution in [0.25, 0.3) is 0 Å². The van der Waals surface area contributed by atoms with E-state index in [9.17, 15) is 0 Å². The fraction of sp³-hybridized carbons (Fsp3) is 0.200. The fourth-order valence-corrected chi connectivity index (χ4v) is 0.917. The van der Waals surface area contributed by atoms with E-state index in [1.165, 1.54) is 0 Å². The first-order chi connectivity index (χ1) is 4.84. The molecule has 0 heterocycles. The average Bonchev–Trinajstić information content (AvgIpc) is 1.94. The van der Waals surface area contributed by atoms with Crippen LogP contribution in [-0.2, 0) is 6.42 Å². The Balaban J connectivity index is 2.81. The number of hydrogen-bond donors (Lipinski definition) is 0. The highest BCUT2D eigenvalue weighted by atomic mass is 14.0. The predicted octanol–water partition coefficient (Wildman–Crippen LogP) is 2.39. The molecule has 0 saturated carbocycles. The summed E-state index contributed by atoms with van der Waals surface area (Å²) in [6, 6.07) is 7.80. The zero-order valence-electron chi connectivity index (χ0n) is 5.88. The lowest BCUT2D eigenvalue weighted by molar-refractivity contribution is 0.993. The number of aryl methyl sites for hydroxylation is 1. The lowest BCUT2D eigenvalue weighted by atomic mass is 10.1. The minimum atomic E-state index is 0.661. The Hall–Kier alpha value is -0.780. The average molecular weight is 130 g/mol. The lowest BCUT2D eigenvalue weighted by Crippen LogP contribution is -1.86. The van der Waals surface area contributed by atoms with E-state index < -0.39 is 0 Å². The van der Waals surface area contributed by atoms with Crippen molar-refractivity contribution in [3.05, 3.63) is 49.2 Å².